The number of esters is 1. The van der Waals surface area contributed by atoms with E-state index in [-0.39, 0.29) is 19.1 Å². The highest BCUT2D eigenvalue weighted by molar-refractivity contribution is 5.69. The molecular formula is C13H15N3O2. The van der Waals surface area contributed by atoms with Crippen LogP contribution in [0.3, 0.4) is 0 Å². The Morgan fingerprint density at radius 2 is 2.11 bits per heavy atom. The van der Waals surface area contributed by atoms with E-state index in [1.807, 2.05) is 37.3 Å². The van der Waals surface area contributed by atoms with Crippen LogP contribution < -0.4 is 0 Å². The zero-order valence-corrected chi connectivity index (χ0v) is 10.2. The lowest BCUT2D eigenvalue weighted by molar-refractivity contribution is -0.145. The zero-order valence-electron chi connectivity index (χ0n) is 10.2. The van der Waals surface area contributed by atoms with Crippen molar-refractivity contribution < 1.29 is 9.53 Å². The Bertz CT molecular complexity index is 508. The van der Waals surface area contributed by atoms with Crippen LogP contribution in [0, 0.1) is 0 Å². The molecule has 18 heavy (non-hydrogen) atoms. The first kappa shape index (κ1) is 12.3. The van der Waals surface area contributed by atoms with Crippen molar-refractivity contribution in [1.29, 1.82) is 0 Å². The first-order valence-corrected chi connectivity index (χ1v) is 5.86. The fourth-order valence-corrected chi connectivity index (χ4v) is 1.49. The Morgan fingerprint density at radius 3 is 2.78 bits per heavy atom. The minimum atomic E-state index is -0.314. The number of benzene rings is 1. The van der Waals surface area contributed by atoms with Gasteiger partial charge in [0.15, 0.2) is 0 Å². The number of rotatable bonds is 5. The summed E-state index contributed by atoms with van der Waals surface area (Å²) in [6.07, 6.45) is 2.30. The van der Waals surface area contributed by atoms with Crippen LogP contribution in [-0.2, 0) is 29.1 Å². The highest BCUT2D eigenvalue weighted by Gasteiger charge is 2.06. The number of hydrogen-bond donors (Lipinski definition) is 0. The van der Waals surface area contributed by atoms with Crippen LogP contribution in [0.25, 0.3) is 0 Å². The molecule has 0 aliphatic rings. The van der Waals surface area contributed by atoms with Crippen LogP contribution >= 0.6 is 0 Å². The van der Waals surface area contributed by atoms with Crippen molar-refractivity contribution in [3.05, 3.63) is 48.0 Å². The van der Waals surface area contributed by atoms with Crippen molar-refractivity contribution in [1.82, 2.24) is 14.8 Å². The minimum absolute atomic E-state index is 0.0971. The molecule has 0 aliphatic carbocycles. The molecule has 2 aromatic rings. The average molecular weight is 245 g/mol. The van der Waals surface area contributed by atoms with E-state index in [1.165, 1.54) is 4.68 Å². The van der Waals surface area contributed by atoms with Gasteiger partial charge in [-0.15, -0.1) is 0 Å². The Morgan fingerprint density at radius 1 is 1.33 bits per heavy atom. The van der Waals surface area contributed by atoms with Crippen LogP contribution in [0.1, 0.15) is 18.3 Å². The molecule has 0 saturated carbocycles. The monoisotopic (exact) mass is 245 g/mol. The van der Waals surface area contributed by atoms with Gasteiger partial charge >= 0.3 is 5.97 Å². The Labute approximate surface area is 105 Å². The lowest BCUT2D eigenvalue weighted by atomic mass is 10.2. The average Bonchev–Trinajstić information content (AvgIpc) is 2.85. The van der Waals surface area contributed by atoms with Crippen molar-refractivity contribution in [2.24, 2.45) is 0 Å². The molecule has 1 aromatic carbocycles. The number of aromatic nitrogens is 3. The standard InChI is InChI=1S/C13H15N3O2/c1-2-12-14-10-16(15-12)8-13(17)18-9-11-6-4-3-5-7-11/h3-7,10H,2,8-9H2,1H3. The van der Waals surface area contributed by atoms with Gasteiger partial charge in [0, 0.05) is 6.42 Å². The Hall–Kier alpha value is -2.17. The SMILES string of the molecule is CCc1ncn(CC(=O)OCc2ccccc2)n1. The molecule has 0 saturated heterocycles. The van der Waals surface area contributed by atoms with Gasteiger partial charge in [0.1, 0.15) is 25.3 Å². The summed E-state index contributed by atoms with van der Waals surface area (Å²) in [4.78, 5) is 15.6. The Balaban J connectivity index is 1.82. The summed E-state index contributed by atoms with van der Waals surface area (Å²) in [6.45, 7) is 2.35. The fraction of sp³-hybridized carbons (Fsp3) is 0.308. The molecule has 1 heterocycles. The molecule has 5 nitrogen and oxygen atoms in total. The second-order valence-electron chi connectivity index (χ2n) is 3.86. The smallest absolute Gasteiger partial charge is 0.328 e. The van der Waals surface area contributed by atoms with Crippen LogP contribution in [0.5, 0.6) is 0 Å². The molecule has 0 spiro atoms. The minimum Gasteiger partial charge on any atom is -0.459 e. The molecule has 1 aromatic heterocycles. The van der Waals surface area contributed by atoms with Gasteiger partial charge in [-0.3, -0.25) is 4.79 Å². The quantitative estimate of drug-likeness (QED) is 0.750. The van der Waals surface area contributed by atoms with Crippen LogP contribution in [-0.4, -0.2) is 20.7 Å². The fourth-order valence-electron chi connectivity index (χ4n) is 1.49. The van der Waals surface area contributed by atoms with Crippen molar-refractivity contribution in [3.8, 4) is 0 Å². The van der Waals surface area contributed by atoms with Gasteiger partial charge in [0.25, 0.3) is 0 Å². The molecule has 0 radical (unpaired) electrons. The maximum absolute atomic E-state index is 11.6. The summed E-state index contributed by atoms with van der Waals surface area (Å²) in [5.41, 5.74) is 0.971. The molecule has 0 atom stereocenters. The van der Waals surface area contributed by atoms with Crippen molar-refractivity contribution in [2.75, 3.05) is 0 Å². The molecule has 0 N–H and O–H groups in total. The van der Waals surface area contributed by atoms with Crippen LogP contribution in [0.4, 0.5) is 0 Å². The molecule has 94 valence electrons. The van der Waals surface area contributed by atoms with E-state index in [9.17, 15) is 4.79 Å². The first-order valence-electron chi connectivity index (χ1n) is 5.86. The predicted octanol–water partition coefficient (Wildman–Crippen LogP) is 1.58. The van der Waals surface area contributed by atoms with Crippen molar-refractivity contribution >= 4 is 5.97 Å². The van der Waals surface area contributed by atoms with Crippen LogP contribution in [0.15, 0.2) is 36.7 Å². The third-order valence-electron chi connectivity index (χ3n) is 2.43. The number of hydrogen-bond acceptors (Lipinski definition) is 4. The van der Waals surface area contributed by atoms with E-state index in [1.54, 1.807) is 6.33 Å². The number of carbonyl (C=O) groups is 1. The molecular weight excluding hydrogens is 230 g/mol. The van der Waals surface area contributed by atoms with Gasteiger partial charge in [-0.25, -0.2) is 9.67 Å². The summed E-state index contributed by atoms with van der Waals surface area (Å²) < 4.78 is 6.64. The third-order valence-corrected chi connectivity index (χ3v) is 2.43. The highest BCUT2D eigenvalue weighted by atomic mass is 16.5. The number of aryl methyl sites for hydroxylation is 1. The van der Waals surface area contributed by atoms with Gasteiger partial charge in [0.05, 0.1) is 0 Å². The van der Waals surface area contributed by atoms with E-state index in [2.05, 4.69) is 10.1 Å². The second kappa shape index (κ2) is 5.95. The summed E-state index contributed by atoms with van der Waals surface area (Å²) >= 11 is 0. The number of carbonyl (C=O) groups excluding carboxylic acids is 1. The van der Waals surface area contributed by atoms with Gasteiger partial charge in [-0.2, -0.15) is 5.10 Å². The summed E-state index contributed by atoms with van der Waals surface area (Å²) in [6, 6.07) is 9.57. The maximum Gasteiger partial charge on any atom is 0.328 e. The summed E-state index contributed by atoms with van der Waals surface area (Å²) in [5.74, 6) is 0.414. The molecule has 0 aliphatic heterocycles. The lowest BCUT2D eigenvalue weighted by Gasteiger charge is -2.04. The summed E-state index contributed by atoms with van der Waals surface area (Å²) in [5, 5.41) is 4.13. The highest BCUT2D eigenvalue weighted by Crippen LogP contribution is 2.01. The Kier molecular flexibility index (Phi) is 4.06. The van der Waals surface area contributed by atoms with E-state index < -0.39 is 0 Å². The van der Waals surface area contributed by atoms with Crippen LogP contribution in [0.2, 0.25) is 0 Å². The molecule has 2 rings (SSSR count). The maximum atomic E-state index is 11.6. The number of nitrogens with zero attached hydrogens (tertiary/aromatic N) is 3. The van der Waals surface area contributed by atoms with Gasteiger partial charge < -0.3 is 4.74 Å². The molecule has 0 fully saturated rings. The second-order valence-corrected chi connectivity index (χ2v) is 3.86. The van der Waals surface area contributed by atoms with E-state index in [0.29, 0.717) is 0 Å². The number of ether oxygens (including phenoxy) is 1. The summed E-state index contributed by atoms with van der Waals surface area (Å²) in [7, 11) is 0. The molecule has 5 heteroatoms. The van der Waals surface area contributed by atoms with E-state index in [4.69, 9.17) is 4.74 Å². The predicted molar refractivity (Wildman–Crippen MR) is 65.6 cm³/mol. The van der Waals surface area contributed by atoms with E-state index >= 15 is 0 Å². The van der Waals surface area contributed by atoms with E-state index in [0.717, 1.165) is 17.8 Å². The van der Waals surface area contributed by atoms with Crippen molar-refractivity contribution in [3.63, 3.8) is 0 Å². The van der Waals surface area contributed by atoms with Gasteiger partial charge in [-0.05, 0) is 5.56 Å². The lowest BCUT2D eigenvalue weighted by Crippen LogP contribution is -2.14. The third kappa shape index (κ3) is 3.41. The van der Waals surface area contributed by atoms with Gasteiger partial charge in [0.2, 0.25) is 0 Å². The topological polar surface area (TPSA) is 57.0 Å². The van der Waals surface area contributed by atoms with Gasteiger partial charge in [-0.1, -0.05) is 37.3 Å². The first-order chi connectivity index (χ1) is 8.78. The molecule has 0 unspecified atom stereocenters. The molecule has 0 amide bonds. The molecule has 0 bridgehead atoms. The van der Waals surface area contributed by atoms with Crippen molar-refractivity contribution in [2.45, 2.75) is 26.5 Å². The largest absolute Gasteiger partial charge is 0.459 e. The normalized spacial score (nSPS) is 10.3. The zero-order chi connectivity index (χ0) is 12.8.